The fourth-order valence-corrected chi connectivity index (χ4v) is 4.30. The zero-order chi connectivity index (χ0) is 24.5. The number of carbonyl (C=O) groups excluding carboxylic acids is 2. The van der Waals surface area contributed by atoms with Crippen LogP contribution in [0.2, 0.25) is 0 Å². The second-order valence-electron chi connectivity index (χ2n) is 8.41. The summed E-state index contributed by atoms with van der Waals surface area (Å²) in [7, 11) is -1.83. The van der Waals surface area contributed by atoms with Gasteiger partial charge in [-0.25, -0.2) is 0 Å². The van der Waals surface area contributed by atoms with Crippen LogP contribution >= 0.6 is 8.54 Å². The van der Waals surface area contributed by atoms with Crippen molar-refractivity contribution < 1.29 is 22.7 Å². The van der Waals surface area contributed by atoms with E-state index in [9.17, 15) is 18.0 Å². The molecule has 1 aliphatic carbocycles. The van der Waals surface area contributed by atoms with Crippen LogP contribution in [0.3, 0.4) is 0 Å². The first-order chi connectivity index (χ1) is 15.6. The zero-order valence-electron chi connectivity index (χ0n) is 19.5. The summed E-state index contributed by atoms with van der Waals surface area (Å²) in [5, 5.41) is 2.81. The van der Waals surface area contributed by atoms with Gasteiger partial charge >= 0.3 is 5.97 Å². The number of carbonyl (C=O) groups is 2. The molecule has 1 aromatic carbocycles. The highest BCUT2D eigenvalue weighted by Crippen LogP contribution is 2.50. The number of nitrogens with one attached hydrogen (secondary N) is 1. The molecule has 8 heteroatoms. The number of allylic oxidation sites excluding steroid dienone is 4. The van der Waals surface area contributed by atoms with Crippen LogP contribution in [0.25, 0.3) is 5.57 Å². The average molecular weight is 479 g/mol. The van der Waals surface area contributed by atoms with Crippen LogP contribution in [-0.4, -0.2) is 31.6 Å². The lowest BCUT2D eigenvalue weighted by Gasteiger charge is -2.21. The van der Waals surface area contributed by atoms with Gasteiger partial charge in [-0.3, -0.25) is 9.59 Å². The molecule has 1 amide bonds. The first kappa shape index (κ1) is 26.9. The summed E-state index contributed by atoms with van der Waals surface area (Å²) >= 11 is 0. The lowest BCUT2D eigenvalue weighted by molar-refractivity contribution is -0.141. The van der Waals surface area contributed by atoms with Crippen molar-refractivity contribution in [3.63, 3.8) is 0 Å². The number of rotatable bonds is 11. The normalized spacial score (nSPS) is 15.4. The molecule has 0 heterocycles. The van der Waals surface area contributed by atoms with Crippen LogP contribution in [0.1, 0.15) is 49.3 Å². The van der Waals surface area contributed by atoms with E-state index in [2.05, 4.69) is 30.1 Å². The number of hydrogen-bond donors (Lipinski definition) is 2. The maximum absolute atomic E-state index is 13.1. The first-order valence-electron chi connectivity index (χ1n) is 11.0. The maximum Gasteiger partial charge on any atom is 0.307 e. The summed E-state index contributed by atoms with van der Waals surface area (Å²) in [4.78, 5) is 23.6. The number of hydrogen-bond acceptors (Lipinski definition) is 4. The van der Waals surface area contributed by atoms with Crippen LogP contribution in [0.15, 0.2) is 47.8 Å². The summed E-state index contributed by atoms with van der Waals surface area (Å²) in [6.45, 7) is 7.20. The van der Waals surface area contributed by atoms with E-state index >= 15 is 0 Å². The third-order valence-corrected chi connectivity index (χ3v) is 6.76. The van der Waals surface area contributed by atoms with Crippen LogP contribution in [0, 0.1) is 12.8 Å². The first-order valence-corrected chi connectivity index (χ1v) is 12.1. The lowest BCUT2D eigenvalue weighted by Crippen LogP contribution is -2.40. The van der Waals surface area contributed by atoms with E-state index in [1.807, 2.05) is 19.1 Å². The van der Waals surface area contributed by atoms with Gasteiger partial charge < -0.3 is 15.8 Å². The van der Waals surface area contributed by atoms with E-state index in [1.165, 1.54) is 7.11 Å². The number of nitrogens with two attached hydrogens (primary N) is 1. The molecule has 0 spiro atoms. The number of halogens is 2. The number of amides is 1. The molecule has 1 aliphatic rings. The van der Waals surface area contributed by atoms with Gasteiger partial charge in [0.1, 0.15) is 0 Å². The Morgan fingerprint density at radius 1 is 1.30 bits per heavy atom. The Balaban J connectivity index is 2.21. The van der Waals surface area contributed by atoms with Crippen molar-refractivity contribution in [2.45, 2.75) is 52.0 Å². The highest BCUT2D eigenvalue weighted by molar-refractivity contribution is 7.51. The van der Waals surface area contributed by atoms with Gasteiger partial charge in [-0.15, -0.1) is 0 Å². The van der Waals surface area contributed by atoms with E-state index in [4.69, 9.17) is 10.5 Å². The monoisotopic (exact) mass is 478 g/mol. The van der Waals surface area contributed by atoms with Crippen LogP contribution in [-0.2, 0) is 20.7 Å². The van der Waals surface area contributed by atoms with Crippen molar-refractivity contribution in [3.8, 4) is 0 Å². The van der Waals surface area contributed by atoms with Gasteiger partial charge in [-0.2, -0.15) is 8.39 Å². The fraction of sp³-hybridized carbons (Fsp3) is 0.440. The Bertz CT molecular complexity index is 926. The Morgan fingerprint density at radius 3 is 2.67 bits per heavy atom. The molecule has 0 saturated carbocycles. The van der Waals surface area contributed by atoms with Crippen LogP contribution < -0.4 is 11.1 Å². The molecule has 0 radical (unpaired) electrons. The van der Waals surface area contributed by atoms with Crippen LogP contribution in [0.4, 0.5) is 8.39 Å². The van der Waals surface area contributed by atoms with Crippen molar-refractivity contribution in [3.05, 3.63) is 64.5 Å². The smallest absolute Gasteiger partial charge is 0.307 e. The van der Waals surface area contributed by atoms with Crippen molar-refractivity contribution in [1.29, 1.82) is 0 Å². The Kier molecular flexibility index (Phi) is 10.4. The minimum Gasteiger partial charge on any atom is -0.469 e. The Labute approximate surface area is 196 Å². The van der Waals surface area contributed by atoms with Gasteiger partial charge in [-0.05, 0) is 66.4 Å². The molecular weight excluding hydrogens is 445 g/mol. The van der Waals surface area contributed by atoms with Crippen molar-refractivity contribution in [2.75, 3.05) is 13.7 Å². The number of aryl methyl sites for hydroxylation is 1. The lowest BCUT2D eigenvalue weighted by atomic mass is 9.88. The Morgan fingerprint density at radius 2 is 2.03 bits per heavy atom. The van der Waals surface area contributed by atoms with E-state index in [0.717, 1.165) is 40.7 Å². The summed E-state index contributed by atoms with van der Waals surface area (Å²) < 4.78 is 30.9. The predicted molar refractivity (Wildman–Crippen MR) is 130 cm³/mol. The second kappa shape index (κ2) is 12.8. The summed E-state index contributed by atoms with van der Waals surface area (Å²) in [6, 6.07) is 5.74. The highest BCUT2D eigenvalue weighted by Gasteiger charge is 2.21. The Hall–Kier alpha value is -2.37. The van der Waals surface area contributed by atoms with Gasteiger partial charge in [0.2, 0.25) is 5.91 Å². The third-order valence-electron chi connectivity index (χ3n) is 5.89. The quantitative estimate of drug-likeness (QED) is 0.328. The molecule has 0 aliphatic heterocycles. The number of benzene rings is 1. The maximum atomic E-state index is 13.1. The molecule has 180 valence electrons. The molecule has 3 N–H and O–H groups in total. The van der Waals surface area contributed by atoms with E-state index in [-0.39, 0.29) is 30.1 Å². The standard InChI is InChI=1S/C25H33F2N2O3P/c1-16-8-9-21(13-22(16)10-17(2)18(3)33(26)27)20-7-5-6-19(11-20)12-23(14-25(31)32-4)29-24(30)15-28/h6,8-9,11,13,17,23H,3,5,7,10,12,14-15,28H2,1-2,4H3,(H,29,30). The SMILES string of the molecule is C=C(C(C)Cc1cc(C2=CC(CC(CC(=O)OC)NC(=O)CN)=CCC2)ccc1C)P(F)F. The molecule has 2 atom stereocenters. The van der Waals surface area contributed by atoms with E-state index < -0.39 is 20.6 Å². The molecular formula is C25H33F2N2O3P. The number of ether oxygens (including phenoxy) is 1. The van der Waals surface area contributed by atoms with Gasteiger partial charge in [-0.1, -0.05) is 43.9 Å². The molecule has 0 saturated heterocycles. The number of methoxy groups -OCH3 is 1. The molecule has 1 aromatic rings. The summed E-state index contributed by atoms with van der Waals surface area (Å²) in [5.41, 5.74) is 10.7. The minimum atomic E-state index is -3.14. The van der Waals surface area contributed by atoms with Gasteiger partial charge in [0, 0.05) is 11.4 Å². The molecule has 0 bridgehead atoms. The highest BCUT2D eigenvalue weighted by atomic mass is 31.2. The fourth-order valence-electron chi connectivity index (χ4n) is 3.87. The molecule has 33 heavy (non-hydrogen) atoms. The van der Waals surface area contributed by atoms with Gasteiger partial charge in [0.05, 0.1) is 20.1 Å². The zero-order valence-corrected chi connectivity index (χ0v) is 20.4. The molecule has 2 rings (SSSR count). The molecule has 0 aromatic heterocycles. The van der Waals surface area contributed by atoms with Crippen molar-refractivity contribution in [1.82, 2.24) is 5.32 Å². The minimum absolute atomic E-state index is 0.0214. The predicted octanol–water partition coefficient (Wildman–Crippen LogP) is 5.44. The average Bonchev–Trinajstić information content (AvgIpc) is 2.79. The molecule has 2 unspecified atom stereocenters. The van der Waals surface area contributed by atoms with Crippen LogP contribution in [0.5, 0.6) is 0 Å². The van der Waals surface area contributed by atoms with Crippen molar-refractivity contribution >= 4 is 26.0 Å². The molecule has 0 fully saturated rings. The van der Waals surface area contributed by atoms with Gasteiger partial charge in [0.15, 0.2) is 0 Å². The van der Waals surface area contributed by atoms with Gasteiger partial charge in [0.25, 0.3) is 8.54 Å². The second-order valence-corrected chi connectivity index (χ2v) is 9.45. The van der Waals surface area contributed by atoms with Crippen molar-refractivity contribution in [2.24, 2.45) is 11.7 Å². The largest absolute Gasteiger partial charge is 0.469 e. The third kappa shape index (κ3) is 8.17. The summed E-state index contributed by atoms with van der Waals surface area (Å²) in [5.74, 6) is -1.02. The van der Waals surface area contributed by atoms with E-state index in [0.29, 0.717) is 12.8 Å². The molecule has 5 nitrogen and oxygen atoms in total. The van der Waals surface area contributed by atoms with E-state index in [1.54, 1.807) is 6.92 Å². The number of esters is 1. The topological polar surface area (TPSA) is 81.4 Å². The summed E-state index contributed by atoms with van der Waals surface area (Å²) in [6.07, 6.45) is 6.94.